The van der Waals surface area contributed by atoms with Gasteiger partial charge in [-0.05, 0) is 49.0 Å². The van der Waals surface area contributed by atoms with Crippen molar-refractivity contribution in [3.8, 4) is 11.5 Å². The molecule has 0 radical (unpaired) electrons. The highest BCUT2D eigenvalue weighted by molar-refractivity contribution is 7.80. The summed E-state index contributed by atoms with van der Waals surface area (Å²) in [5, 5.41) is 0.450. The van der Waals surface area contributed by atoms with Crippen molar-refractivity contribution in [2.45, 2.75) is 13.5 Å². The fourth-order valence-electron chi connectivity index (χ4n) is 2.82. The van der Waals surface area contributed by atoms with Gasteiger partial charge in [-0.3, -0.25) is 9.69 Å². The van der Waals surface area contributed by atoms with Gasteiger partial charge in [0.15, 0.2) is 16.6 Å². The van der Waals surface area contributed by atoms with E-state index in [2.05, 4.69) is 0 Å². The van der Waals surface area contributed by atoms with Crippen molar-refractivity contribution in [1.29, 1.82) is 0 Å². The lowest BCUT2D eigenvalue weighted by molar-refractivity contribution is -0.121. The summed E-state index contributed by atoms with van der Waals surface area (Å²) in [4.78, 5) is 15.4. The number of thiocarbonyl (C=S) groups is 1. The highest BCUT2D eigenvalue weighted by atomic mass is 32.1. The van der Waals surface area contributed by atoms with E-state index in [1.165, 1.54) is 11.0 Å². The van der Waals surface area contributed by atoms with Crippen molar-refractivity contribution >= 4 is 29.3 Å². The lowest BCUT2D eigenvalue weighted by Gasteiger charge is -2.14. The maximum Gasteiger partial charge on any atom is 0.276 e. The monoisotopic (exact) mass is 400 g/mol. The molecule has 2 aromatic rings. The molecule has 1 aliphatic heterocycles. The Morgan fingerprint density at radius 3 is 2.46 bits per heavy atom. The van der Waals surface area contributed by atoms with Gasteiger partial charge >= 0.3 is 0 Å². The van der Waals surface area contributed by atoms with Gasteiger partial charge in [0.2, 0.25) is 0 Å². The van der Waals surface area contributed by atoms with Crippen LogP contribution in [0.25, 0.3) is 6.08 Å². The summed E-state index contributed by atoms with van der Waals surface area (Å²) in [5.41, 5.74) is 1.72. The molecule has 1 saturated heterocycles. The summed E-state index contributed by atoms with van der Waals surface area (Å²) in [6.45, 7) is 2.41. The van der Waals surface area contributed by atoms with Crippen molar-refractivity contribution in [2.75, 3.05) is 20.7 Å². The first-order chi connectivity index (χ1) is 13.4. The van der Waals surface area contributed by atoms with Crippen LogP contribution in [0.3, 0.4) is 0 Å². The molecule has 2 aromatic carbocycles. The van der Waals surface area contributed by atoms with E-state index in [1.54, 1.807) is 55.4 Å². The number of ether oxygens (including phenoxy) is 2. The van der Waals surface area contributed by atoms with Crippen molar-refractivity contribution in [3.63, 3.8) is 0 Å². The Morgan fingerprint density at radius 1 is 1.07 bits per heavy atom. The number of amides is 1. The second-order valence-electron chi connectivity index (χ2n) is 6.25. The second kappa shape index (κ2) is 8.39. The van der Waals surface area contributed by atoms with Gasteiger partial charge < -0.3 is 14.4 Å². The Balaban J connectivity index is 1.85. The molecule has 0 N–H and O–H groups in total. The van der Waals surface area contributed by atoms with Gasteiger partial charge in [-0.25, -0.2) is 4.39 Å². The smallest absolute Gasteiger partial charge is 0.276 e. The quantitative estimate of drug-likeness (QED) is 0.545. The minimum atomic E-state index is -0.315. The number of nitrogens with zero attached hydrogens (tertiary/aromatic N) is 2. The second-order valence-corrected chi connectivity index (χ2v) is 6.62. The van der Waals surface area contributed by atoms with E-state index in [0.717, 1.165) is 5.56 Å². The van der Waals surface area contributed by atoms with Crippen LogP contribution in [0.4, 0.5) is 4.39 Å². The Morgan fingerprint density at radius 2 is 1.82 bits per heavy atom. The Hall–Kier alpha value is -2.93. The summed E-state index contributed by atoms with van der Waals surface area (Å²) in [6.07, 6.45) is 1.75. The summed E-state index contributed by atoms with van der Waals surface area (Å²) >= 11 is 5.23. The van der Waals surface area contributed by atoms with Crippen LogP contribution in [0.2, 0.25) is 0 Å². The van der Waals surface area contributed by atoms with Gasteiger partial charge in [0.05, 0.1) is 6.61 Å². The molecule has 1 fully saturated rings. The van der Waals surface area contributed by atoms with E-state index >= 15 is 0 Å². The molecular formula is C21H21FN2O3S. The van der Waals surface area contributed by atoms with Crippen molar-refractivity contribution in [2.24, 2.45) is 0 Å². The maximum atomic E-state index is 13.8. The first kappa shape index (κ1) is 19.8. The molecule has 28 heavy (non-hydrogen) atoms. The minimum absolute atomic E-state index is 0.0907. The van der Waals surface area contributed by atoms with Crippen LogP contribution < -0.4 is 9.47 Å². The molecule has 7 heteroatoms. The fraction of sp³-hybridized carbons (Fsp3) is 0.238. The van der Waals surface area contributed by atoms with E-state index in [-0.39, 0.29) is 18.3 Å². The van der Waals surface area contributed by atoms with Crippen molar-refractivity contribution in [3.05, 3.63) is 65.1 Å². The van der Waals surface area contributed by atoms with Crippen molar-refractivity contribution < 1.29 is 18.7 Å². The lowest BCUT2D eigenvalue weighted by Crippen LogP contribution is -2.26. The Kier molecular flexibility index (Phi) is 5.94. The first-order valence-electron chi connectivity index (χ1n) is 8.83. The third-order valence-electron chi connectivity index (χ3n) is 4.37. The molecule has 1 amide bonds. The molecule has 0 unspecified atom stereocenters. The van der Waals surface area contributed by atoms with Gasteiger partial charge in [-0.2, -0.15) is 0 Å². The lowest BCUT2D eigenvalue weighted by atomic mass is 10.1. The van der Waals surface area contributed by atoms with Crippen LogP contribution in [0.15, 0.2) is 48.2 Å². The van der Waals surface area contributed by atoms with E-state index in [1.807, 2.05) is 13.0 Å². The van der Waals surface area contributed by atoms with Gasteiger partial charge in [-0.1, -0.05) is 24.3 Å². The van der Waals surface area contributed by atoms with E-state index in [0.29, 0.717) is 34.5 Å². The third kappa shape index (κ3) is 3.99. The molecule has 1 heterocycles. The molecule has 0 bridgehead atoms. The molecule has 5 nitrogen and oxygen atoms in total. The number of carbonyl (C=O) groups is 1. The molecule has 0 aliphatic carbocycles. The van der Waals surface area contributed by atoms with Crippen LogP contribution in [-0.4, -0.2) is 41.5 Å². The normalized spacial score (nSPS) is 15.5. The molecule has 1 aliphatic rings. The van der Waals surface area contributed by atoms with Crippen LogP contribution in [0.5, 0.6) is 11.5 Å². The largest absolute Gasteiger partial charge is 0.490 e. The predicted molar refractivity (Wildman–Crippen MR) is 109 cm³/mol. The number of benzene rings is 2. The van der Waals surface area contributed by atoms with Crippen LogP contribution in [0, 0.1) is 5.82 Å². The summed E-state index contributed by atoms with van der Waals surface area (Å²) in [6, 6.07) is 11.8. The van der Waals surface area contributed by atoms with E-state index in [4.69, 9.17) is 21.7 Å². The maximum absolute atomic E-state index is 13.8. The van der Waals surface area contributed by atoms with Gasteiger partial charge in [0.1, 0.15) is 18.1 Å². The average molecular weight is 400 g/mol. The summed E-state index contributed by atoms with van der Waals surface area (Å²) in [7, 11) is 3.40. The highest BCUT2D eigenvalue weighted by Crippen LogP contribution is 2.31. The number of hydrogen-bond acceptors (Lipinski definition) is 4. The van der Waals surface area contributed by atoms with Crippen molar-refractivity contribution in [1.82, 2.24) is 9.80 Å². The zero-order valence-electron chi connectivity index (χ0n) is 15.9. The minimum Gasteiger partial charge on any atom is -0.490 e. The predicted octanol–water partition coefficient (Wildman–Crippen LogP) is 3.83. The molecule has 0 spiro atoms. The van der Waals surface area contributed by atoms with E-state index in [9.17, 15) is 9.18 Å². The fourth-order valence-corrected chi connectivity index (χ4v) is 3.00. The standard InChI is InChI=1S/C21H21FN2O3S/c1-4-26-19-12-14(11-17-20(25)24(3)21(28)23(17)2)9-10-18(19)27-13-15-7-5-6-8-16(15)22/h5-12H,4,13H2,1-3H3. The number of hydrogen-bond donors (Lipinski definition) is 0. The molecule has 146 valence electrons. The molecule has 0 atom stereocenters. The molecule has 0 saturated carbocycles. The van der Waals surface area contributed by atoms with E-state index < -0.39 is 0 Å². The molecule has 3 rings (SSSR count). The topological polar surface area (TPSA) is 42.0 Å². The van der Waals surface area contributed by atoms with Crippen LogP contribution >= 0.6 is 12.2 Å². The molecular weight excluding hydrogens is 379 g/mol. The third-order valence-corrected chi connectivity index (χ3v) is 4.92. The Bertz CT molecular complexity index is 945. The van der Waals surface area contributed by atoms with Gasteiger partial charge in [0, 0.05) is 19.7 Å². The zero-order valence-corrected chi connectivity index (χ0v) is 16.8. The Labute approximate surface area is 169 Å². The average Bonchev–Trinajstić information content (AvgIpc) is 2.86. The van der Waals surface area contributed by atoms with Crippen LogP contribution in [-0.2, 0) is 11.4 Å². The number of likely N-dealkylation sites (N-methyl/N-ethyl adjacent to an activating group) is 2. The molecule has 0 aromatic heterocycles. The number of halogens is 1. The highest BCUT2D eigenvalue weighted by Gasteiger charge is 2.32. The summed E-state index contributed by atoms with van der Waals surface area (Å²) < 4.78 is 25.2. The zero-order chi connectivity index (χ0) is 20.3. The van der Waals surface area contributed by atoms with Gasteiger partial charge in [-0.15, -0.1) is 0 Å². The number of rotatable bonds is 6. The van der Waals surface area contributed by atoms with Gasteiger partial charge in [0.25, 0.3) is 5.91 Å². The summed E-state index contributed by atoms with van der Waals surface area (Å²) in [5.74, 6) is 0.554. The number of carbonyl (C=O) groups excluding carboxylic acids is 1. The SMILES string of the molecule is CCOc1cc(C=C2C(=O)N(C)C(=S)N2C)ccc1OCc1ccccc1F. The first-order valence-corrected chi connectivity index (χ1v) is 9.23. The van der Waals surface area contributed by atoms with Crippen LogP contribution in [0.1, 0.15) is 18.1 Å².